The van der Waals surface area contributed by atoms with Gasteiger partial charge in [-0.2, -0.15) is 18.3 Å². The van der Waals surface area contributed by atoms with E-state index in [1.807, 2.05) is 0 Å². The molecule has 150 valence electrons. The molecule has 0 saturated heterocycles. The van der Waals surface area contributed by atoms with E-state index in [4.69, 9.17) is 5.73 Å². The average molecular weight is 392 g/mol. The summed E-state index contributed by atoms with van der Waals surface area (Å²) in [6.45, 7) is 0. The molecule has 1 aromatic carbocycles. The van der Waals surface area contributed by atoms with Crippen LogP contribution in [0.3, 0.4) is 0 Å². The Morgan fingerprint density at radius 2 is 1.79 bits per heavy atom. The van der Waals surface area contributed by atoms with E-state index in [1.165, 1.54) is 12.1 Å². The molecule has 1 aromatic heterocycles. The van der Waals surface area contributed by atoms with Crippen molar-refractivity contribution >= 4 is 5.91 Å². The Morgan fingerprint density at radius 3 is 2.39 bits per heavy atom. The van der Waals surface area contributed by atoms with Gasteiger partial charge in [0.05, 0.1) is 17.4 Å². The molecule has 1 heterocycles. The van der Waals surface area contributed by atoms with E-state index in [1.54, 1.807) is 18.2 Å². The second-order valence-electron chi connectivity index (χ2n) is 7.83. The molecule has 2 saturated carbocycles. The van der Waals surface area contributed by atoms with Gasteiger partial charge in [-0.25, -0.2) is 4.68 Å². The predicted molar refractivity (Wildman–Crippen MR) is 97.9 cm³/mol. The van der Waals surface area contributed by atoms with E-state index in [9.17, 15) is 18.0 Å². The van der Waals surface area contributed by atoms with Crippen LogP contribution in [-0.2, 0) is 6.18 Å². The Kier molecular flexibility index (Phi) is 4.91. The highest BCUT2D eigenvalue weighted by atomic mass is 19.4. The zero-order chi connectivity index (χ0) is 19.9. The van der Waals surface area contributed by atoms with Gasteiger partial charge in [0.1, 0.15) is 0 Å². The van der Waals surface area contributed by atoms with Crippen molar-refractivity contribution in [3.05, 3.63) is 47.8 Å². The Hall–Kier alpha value is -2.35. The minimum absolute atomic E-state index is 0.106. The molecule has 2 unspecified atom stereocenters. The normalized spacial score (nSPS) is 27.4. The third kappa shape index (κ3) is 3.53. The first kappa shape index (κ1) is 19.0. The van der Waals surface area contributed by atoms with Gasteiger partial charge < -0.3 is 11.1 Å². The molecule has 2 aliphatic rings. The number of hydrogen-bond acceptors (Lipinski definition) is 3. The van der Waals surface area contributed by atoms with Crippen molar-refractivity contribution in [3.63, 3.8) is 0 Å². The number of nitrogens with one attached hydrogen (secondary N) is 1. The second kappa shape index (κ2) is 7.24. The molecule has 2 aliphatic carbocycles. The van der Waals surface area contributed by atoms with Crippen molar-refractivity contribution in [2.45, 2.75) is 50.4 Å². The molecule has 5 nitrogen and oxygen atoms in total. The van der Waals surface area contributed by atoms with Gasteiger partial charge in [0, 0.05) is 12.1 Å². The molecule has 2 aromatic rings. The maximum absolute atomic E-state index is 13.8. The Balaban J connectivity index is 1.64. The fourth-order valence-electron chi connectivity index (χ4n) is 4.81. The van der Waals surface area contributed by atoms with Crippen LogP contribution in [-0.4, -0.2) is 27.8 Å². The first-order valence-electron chi connectivity index (χ1n) is 9.61. The SMILES string of the molecule is NC1CC2CCCC(C1)C2NC(=O)c1cnn(-c2ccccc2)c1C(F)(F)F. The van der Waals surface area contributed by atoms with Crippen molar-refractivity contribution in [3.8, 4) is 5.69 Å². The van der Waals surface area contributed by atoms with E-state index in [0.29, 0.717) is 0 Å². The summed E-state index contributed by atoms with van der Waals surface area (Å²) in [5.74, 6) is -0.262. The van der Waals surface area contributed by atoms with Crippen LogP contribution in [0.15, 0.2) is 36.5 Å². The fraction of sp³-hybridized carbons (Fsp3) is 0.500. The molecule has 2 fully saturated rings. The van der Waals surface area contributed by atoms with Crippen LogP contribution in [0.1, 0.15) is 48.2 Å². The summed E-state index contributed by atoms with van der Waals surface area (Å²) in [6, 6.07) is 8.00. The third-order valence-electron chi connectivity index (χ3n) is 5.96. The van der Waals surface area contributed by atoms with Crippen molar-refractivity contribution < 1.29 is 18.0 Å². The molecule has 4 rings (SSSR count). The lowest BCUT2D eigenvalue weighted by molar-refractivity contribution is -0.143. The molecule has 2 bridgehead atoms. The summed E-state index contributed by atoms with van der Waals surface area (Å²) in [5, 5.41) is 6.75. The molecular formula is C20H23F3N4O. The standard InChI is InChI=1S/C20H23F3N4O/c21-20(22,23)18-16(11-25-27(18)15-7-2-1-3-8-15)19(28)26-17-12-5-4-6-13(17)10-14(24)9-12/h1-3,7-8,11-14,17H,4-6,9-10,24H2,(H,26,28). The van der Waals surface area contributed by atoms with Crippen LogP contribution >= 0.6 is 0 Å². The number of alkyl halides is 3. The van der Waals surface area contributed by atoms with Crippen LogP contribution in [0.4, 0.5) is 13.2 Å². The van der Waals surface area contributed by atoms with Gasteiger partial charge in [-0.1, -0.05) is 24.6 Å². The first-order chi connectivity index (χ1) is 13.3. The number of benzene rings is 1. The highest BCUT2D eigenvalue weighted by Crippen LogP contribution is 2.40. The number of para-hydroxylation sites is 1. The summed E-state index contributed by atoms with van der Waals surface area (Å²) in [6.07, 6.45) is 0.885. The molecule has 1 amide bonds. The smallest absolute Gasteiger partial charge is 0.349 e. The lowest BCUT2D eigenvalue weighted by Crippen LogP contribution is -2.53. The summed E-state index contributed by atoms with van der Waals surface area (Å²) >= 11 is 0. The average Bonchev–Trinajstić information content (AvgIpc) is 3.09. The topological polar surface area (TPSA) is 72.9 Å². The number of rotatable bonds is 3. The van der Waals surface area contributed by atoms with E-state index in [2.05, 4.69) is 10.4 Å². The Labute approximate surface area is 161 Å². The number of carbonyl (C=O) groups excluding carboxylic acids is 1. The van der Waals surface area contributed by atoms with E-state index < -0.39 is 23.3 Å². The van der Waals surface area contributed by atoms with Crippen LogP contribution in [0, 0.1) is 11.8 Å². The van der Waals surface area contributed by atoms with Gasteiger partial charge in [0.15, 0.2) is 5.69 Å². The maximum Gasteiger partial charge on any atom is 0.434 e. The number of halogens is 3. The van der Waals surface area contributed by atoms with Gasteiger partial charge in [0.2, 0.25) is 0 Å². The van der Waals surface area contributed by atoms with E-state index >= 15 is 0 Å². The van der Waals surface area contributed by atoms with Crippen LogP contribution in [0.25, 0.3) is 5.69 Å². The van der Waals surface area contributed by atoms with E-state index in [0.717, 1.165) is 43.0 Å². The number of fused-ring (bicyclic) bond motifs is 2. The highest BCUT2D eigenvalue weighted by Gasteiger charge is 2.43. The zero-order valence-electron chi connectivity index (χ0n) is 15.3. The van der Waals surface area contributed by atoms with Gasteiger partial charge >= 0.3 is 6.18 Å². The minimum atomic E-state index is -4.70. The number of carbonyl (C=O) groups is 1. The second-order valence-corrected chi connectivity index (χ2v) is 7.83. The van der Waals surface area contributed by atoms with Gasteiger partial charge in [-0.3, -0.25) is 4.79 Å². The van der Waals surface area contributed by atoms with Crippen molar-refractivity contribution in [1.29, 1.82) is 0 Å². The van der Waals surface area contributed by atoms with E-state index in [-0.39, 0.29) is 29.6 Å². The van der Waals surface area contributed by atoms with Gasteiger partial charge in [-0.05, 0) is 49.7 Å². The quantitative estimate of drug-likeness (QED) is 0.839. The Morgan fingerprint density at radius 1 is 1.14 bits per heavy atom. The minimum Gasteiger partial charge on any atom is -0.349 e. The van der Waals surface area contributed by atoms with Gasteiger partial charge in [0.25, 0.3) is 5.91 Å². The third-order valence-corrected chi connectivity index (χ3v) is 5.96. The molecule has 3 N–H and O–H groups in total. The molecule has 2 atom stereocenters. The lowest BCUT2D eigenvalue weighted by Gasteiger charge is -2.45. The molecule has 8 heteroatoms. The molecule has 0 radical (unpaired) electrons. The molecular weight excluding hydrogens is 369 g/mol. The number of nitrogens with two attached hydrogens (primary N) is 1. The van der Waals surface area contributed by atoms with Crippen molar-refractivity contribution in [1.82, 2.24) is 15.1 Å². The van der Waals surface area contributed by atoms with Crippen molar-refractivity contribution in [2.24, 2.45) is 17.6 Å². The lowest BCUT2D eigenvalue weighted by atomic mass is 9.67. The van der Waals surface area contributed by atoms with Crippen LogP contribution < -0.4 is 11.1 Å². The first-order valence-corrected chi connectivity index (χ1v) is 9.61. The zero-order valence-corrected chi connectivity index (χ0v) is 15.3. The van der Waals surface area contributed by atoms with Crippen molar-refractivity contribution in [2.75, 3.05) is 0 Å². The summed E-state index contributed by atoms with van der Waals surface area (Å²) < 4.78 is 42.2. The molecule has 28 heavy (non-hydrogen) atoms. The van der Waals surface area contributed by atoms with Gasteiger partial charge in [-0.15, -0.1) is 0 Å². The summed E-state index contributed by atoms with van der Waals surface area (Å²) in [4.78, 5) is 12.8. The largest absolute Gasteiger partial charge is 0.434 e. The molecule has 0 spiro atoms. The number of nitrogens with zero attached hydrogens (tertiary/aromatic N) is 2. The highest BCUT2D eigenvalue weighted by molar-refractivity contribution is 5.95. The maximum atomic E-state index is 13.8. The number of hydrogen-bond donors (Lipinski definition) is 2. The van der Waals surface area contributed by atoms with Crippen LogP contribution in [0.5, 0.6) is 0 Å². The Bertz CT molecular complexity index is 835. The fourth-order valence-corrected chi connectivity index (χ4v) is 4.81. The predicted octanol–water partition coefficient (Wildman–Crippen LogP) is 3.53. The summed E-state index contributed by atoms with van der Waals surface area (Å²) in [7, 11) is 0. The van der Waals surface area contributed by atoms with Crippen LogP contribution in [0.2, 0.25) is 0 Å². The number of amides is 1. The number of aromatic nitrogens is 2. The summed E-state index contributed by atoms with van der Waals surface area (Å²) in [5.41, 5.74) is 4.87. The monoisotopic (exact) mass is 392 g/mol. The molecule has 0 aliphatic heterocycles.